The van der Waals surface area contributed by atoms with E-state index in [-0.39, 0.29) is 0 Å². The van der Waals surface area contributed by atoms with Crippen molar-refractivity contribution in [1.29, 1.82) is 0 Å². The lowest BCUT2D eigenvalue weighted by atomic mass is 10.1. The molecule has 0 unspecified atom stereocenters. The van der Waals surface area contributed by atoms with E-state index in [9.17, 15) is 0 Å². The lowest BCUT2D eigenvalue weighted by Crippen LogP contribution is -2.31. The van der Waals surface area contributed by atoms with Crippen LogP contribution in [0, 0.1) is 19.8 Å². The van der Waals surface area contributed by atoms with Gasteiger partial charge in [-0.15, -0.1) is 0 Å². The third-order valence-electron chi connectivity index (χ3n) is 2.52. The first-order valence-electron chi connectivity index (χ1n) is 5.61. The average molecular weight is 236 g/mol. The molecule has 16 heavy (non-hydrogen) atoms. The summed E-state index contributed by atoms with van der Waals surface area (Å²) in [6.45, 7) is 9.42. The molecule has 88 valence electrons. The third kappa shape index (κ3) is 3.81. The first kappa shape index (κ1) is 13.0. The van der Waals surface area contributed by atoms with Crippen molar-refractivity contribution in [2.45, 2.75) is 27.7 Å². The lowest BCUT2D eigenvalue weighted by Gasteiger charge is -2.14. The number of benzene rings is 1. The highest BCUT2D eigenvalue weighted by Gasteiger charge is 2.02. The highest BCUT2D eigenvalue weighted by atomic mass is 32.1. The number of thiocarbonyl (C=S) groups is 1. The predicted octanol–water partition coefficient (Wildman–Crippen LogP) is 3.25. The van der Waals surface area contributed by atoms with Gasteiger partial charge < -0.3 is 10.6 Å². The number of hydrogen-bond donors (Lipinski definition) is 2. The van der Waals surface area contributed by atoms with Gasteiger partial charge in [-0.3, -0.25) is 0 Å². The van der Waals surface area contributed by atoms with Crippen LogP contribution in [0.5, 0.6) is 0 Å². The van der Waals surface area contributed by atoms with E-state index in [0.717, 1.165) is 12.2 Å². The smallest absolute Gasteiger partial charge is 0.170 e. The van der Waals surface area contributed by atoms with E-state index < -0.39 is 0 Å². The molecule has 0 amide bonds. The number of anilines is 1. The van der Waals surface area contributed by atoms with Gasteiger partial charge in [0.1, 0.15) is 0 Å². The Morgan fingerprint density at radius 1 is 1.31 bits per heavy atom. The molecule has 0 fully saturated rings. The summed E-state index contributed by atoms with van der Waals surface area (Å²) in [7, 11) is 0. The van der Waals surface area contributed by atoms with E-state index in [1.165, 1.54) is 11.1 Å². The monoisotopic (exact) mass is 236 g/mol. The summed E-state index contributed by atoms with van der Waals surface area (Å²) in [6, 6.07) is 6.19. The van der Waals surface area contributed by atoms with Gasteiger partial charge in [0.15, 0.2) is 5.11 Å². The summed E-state index contributed by atoms with van der Waals surface area (Å²) in [6.07, 6.45) is 0. The molecule has 2 N–H and O–H groups in total. The van der Waals surface area contributed by atoms with Crippen LogP contribution in [0.15, 0.2) is 18.2 Å². The molecule has 0 saturated carbocycles. The number of rotatable bonds is 3. The fourth-order valence-corrected chi connectivity index (χ4v) is 1.54. The number of nitrogens with one attached hydrogen (secondary N) is 2. The highest BCUT2D eigenvalue weighted by molar-refractivity contribution is 7.80. The number of aryl methyl sites for hydroxylation is 1. The summed E-state index contributed by atoms with van der Waals surface area (Å²) >= 11 is 5.24. The van der Waals surface area contributed by atoms with E-state index in [0.29, 0.717) is 11.0 Å². The summed E-state index contributed by atoms with van der Waals surface area (Å²) in [5.41, 5.74) is 3.61. The molecule has 0 radical (unpaired) electrons. The Morgan fingerprint density at radius 3 is 2.62 bits per heavy atom. The van der Waals surface area contributed by atoms with Crippen LogP contribution < -0.4 is 10.6 Å². The van der Waals surface area contributed by atoms with Crippen LogP contribution in [-0.4, -0.2) is 11.7 Å². The molecule has 0 aliphatic heterocycles. The highest BCUT2D eigenvalue weighted by Crippen LogP contribution is 2.17. The molecular weight excluding hydrogens is 216 g/mol. The Hall–Kier alpha value is -1.09. The maximum absolute atomic E-state index is 5.24. The number of hydrogen-bond acceptors (Lipinski definition) is 1. The fourth-order valence-electron chi connectivity index (χ4n) is 1.35. The SMILES string of the molecule is Cc1cccc(NC(=S)NCC(C)C)c1C. The molecule has 1 aromatic rings. The third-order valence-corrected chi connectivity index (χ3v) is 2.77. The van der Waals surface area contributed by atoms with Crippen molar-refractivity contribution >= 4 is 23.0 Å². The van der Waals surface area contributed by atoms with Crippen molar-refractivity contribution in [2.24, 2.45) is 5.92 Å². The molecule has 0 aliphatic rings. The van der Waals surface area contributed by atoms with E-state index in [1.54, 1.807) is 0 Å². The van der Waals surface area contributed by atoms with E-state index >= 15 is 0 Å². The predicted molar refractivity (Wildman–Crippen MR) is 75.0 cm³/mol. The van der Waals surface area contributed by atoms with Gasteiger partial charge in [0.25, 0.3) is 0 Å². The first-order chi connectivity index (χ1) is 7.50. The zero-order valence-electron chi connectivity index (χ0n) is 10.4. The van der Waals surface area contributed by atoms with E-state index in [1.807, 2.05) is 12.1 Å². The summed E-state index contributed by atoms with van der Waals surface area (Å²) < 4.78 is 0. The van der Waals surface area contributed by atoms with E-state index in [2.05, 4.69) is 44.4 Å². The van der Waals surface area contributed by atoms with Gasteiger partial charge in [0.05, 0.1) is 0 Å². The van der Waals surface area contributed by atoms with E-state index in [4.69, 9.17) is 12.2 Å². The maximum atomic E-state index is 5.24. The second-order valence-corrected chi connectivity index (χ2v) is 4.88. The zero-order chi connectivity index (χ0) is 12.1. The van der Waals surface area contributed by atoms with Crippen LogP contribution in [0.4, 0.5) is 5.69 Å². The maximum Gasteiger partial charge on any atom is 0.170 e. The van der Waals surface area contributed by atoms with Crippen LogP contribution >= 0.6 is 12.2 Å². The van der Waals surface area contributed by atoms with Crippen molar-refractivity contribution in [2.75, 3.05) is 11.9 Å². The molecule has 0 aliphatic carbocycles. The molecule has 0 aromatic heterocycles. The van der Waals surface area contributed by atoms with Crippen LogP contribution in [0.2, 0.25) is 0 Å². The van der Waals surface area contributed by atoms with Crippen molar-refractivity contribution < 1.29 is 0 Å². The molecule has 2 nitrogen and oxygen atoms in total. The standard InChI is InChI=1S/C13H20N2S/c1-9(2)8-14-13(16)15-12-7-5-6-10(3)11(12)4/h5-7,9H,8H2,1-4H3,(H2,14,15,16). The van der Waals surface area contributed by atoms with Crippen molar-refractivity contribution in [3.63, 3.8) is 0 Å². The molecule has 0 saturated heterocycles. The minimum absolute atomic E-state index is 0.596. The largest absolute Gasteiger partial charge is 0.362 e. The lowest BCUT2D eigenvalue weighted by molar-refractivity contribution is 0.627. The average Bonchev–Trinajstić information content (AvgIpc) is 2.22. The van der Waals surface area contributed by atoms with Crippen molar-refractivity contribution in [3.05, 3.63) is 29.3 Å². The van der Waals surface area contributed by atoms with Crippen LogP contribution in [0.3, 0.4) is 0 Å². The van der Waals surface area contributed by atoms with Gasteiger partial charge in [-0.2, -0.15) is 0 Å². The topological polar surface area (TPSA) is 24.1 Å². The Labute approximate surface area is 103 Å². The molecule has 0 heterocycles. The van der Waals surface area contributed by atoms with Gasteiger partial charge in [-0.25, -0.2) is 0 Å². The van der Waals surface area contributed by atoms with Crippen LogP contribution in [0.1, 0.15) is 25.0 Å². The minimum atomic E-state index is 0.596. The molecular formula is C13H20N2S. The van der Waals surface area contributed by atoms with Gasteiger partial charge in [0, 0.05) is 12.2 Å². The fraction of sp³-hybridized carbons (Fsp3) is 0.462. The normalized spacial score (nSPS) is 10.3. The van der Waals surface area contributed by atoms with Crippen LogP contribution in [0.25, 0.3) is 0 Å². The first-order valence-corrected chi connectivity index (χ1v) is 6.02. The quantitative estimate of drug-likeness (QED) is 0.788. The molecule has 1 aromatic carbocycles. The summed E-state index contributed by atoms with van der Waals surface area (Å²) in [5.74, 6) is 0.596. The molecule has 0 atom stereocenters. The Bertz CT molecular complexity index is 372. The molecule has 0 spiro atoms. The Balaban J connectivity index is 2.59. The molecule has 0 bridgehead atoms. The Morgan fingerprint density at radius 2 is 2.00 bits per heavy atom. The van der Waals surface area contributed by atoms with Gasteiger partial charge >= 0.3 is 0 Å². The van der Waals surface area contributed by atoms with Gasteiger partial charge in [-0.1, -0.05) is 26.0 Å². The Kier molecular flexibility index (Phi) is 4.74. The zero-order valence-corrected chi connectivity index (χ0v) is 11.2. The minimum Gasteiger partial charge on any atom is -0.362 e. The second-order valence-electron chi connectivity index (χ2n) is 4.48. The summed E-state index contributed by atoms with van der Waals surface area (Å²) in [5, 5.41) is 7.12. The van der Waals surface area contributed by atoms with Crippen molar-refractivity contribution in [3.8, 4) is 0 Å². The molecule has 3 heteroatoms. The summed E-state index contributed by atoms with van der Waals surface area (Å²) in [4.78, 5) is 0. The second kappa shape index (κ2) is 5.85. The van der Waals surface area contributed by atoms with Gasteiger partial charge in [0.2, 0.25) is 0 Å². The molecule has 1 rings (SSSR count). The van der Waals surface area contributed by atoms with Gasteiger partial charge in [-0.05, 0) is 49.2 Å². The van der Waals surface area contributed by atoms with Crippen molar-refractivity contribution in [1.82, 2.24) is 5.32 Å². The van der Waals surface area contributed by atoms with Crippen LogP contribution in [-0.2, 0) is 0 Å².